The lowest BCUT2D eigenvalue weighted by Crippen LogP contribution is -2.45. The molecule has 0 radical (unpaired) electrons. The van der Waals surface area contributed by atoms with Gasteiger partial charge in [0.15, 0.2) is 0 Å². The molecule has 0 aliphatic heterocycles. The maximum absolute atomic E-state index is 5.51. The number of anilines is 1. The Hall–Kier alpha value is -1.18. The third kappa shape index (κ3) is 2.10. The van der Waals surface area contributed by atoms with E-state index in [0.29, 0.717) is 16.9 Å². The Labute approximate surface area is 122 Å². The fraction of sp³-hybridized carbons (Fsp3) is 0.667. The molecule has 2 fully saturated rings. The first-order valence-corrected chi connectivity index (χ1v) is 7.95. The molecule has 1 N–H and O–H groups in total. The minimum absolute atomic E-state index is 0.394. The topological polar surface area (TPSA) is 21.3 Å². The zero-order valence-electron chi connectivity index (χ0n) is 13.2. The second-order valence-electron chi connectivity index (χ2n) is 7.45. The highest BCUT2D eigenvalue weighted by Crippen LogP contribution is 2.63. The van der Waals surface area contributed by atoms with Gasteiger partial charge in [-0.1, -0.05) is 20.8 Å². The van der Waals surface area contributed by atoms with Crippen molar-refractivity contribution in [1.82, 2.24) is 0 Å². The highest BCUT2D eigenvalue weighted by atomic mass is 16.5. The molecule has 2 saturated carbocycles. The van der Waals surface area contributed by atoms with Crippen molar-refractivity contribution in [3.05, 3.63) is 24.3 Å². The van der Waals surface area contributed by atoms with E-state index in [1.807, 2.05) is 6.92 Å². The fourth-order valence-electron chi connectivity index (χ4n) is 4.64. The molecule has 0 amide bonds. The molecule has 2 heteroatoms. The van der Waals surface area contributed by atoms with Crippen molar-refractivity contribution in [3.63, 3.8) is 0 Å². The predicted octanol–water partition coefficient (Wildman–Crippen LogP) is 4.71. The number of ether oxygens (including phenoxy) is 1. The lowest BCUT2D eigenvalue weighted by Gasteiger charge is -2.43. The number of hydrogen-bond donors (Lipinski definition) is 1. The molecule has 2 aliphatic rings. The van der Waals surface area contributed by atoms with Gasteiger partial charge in [0.05, 0.1) is 6.61 Å². The van der Waals surface area contributed by atoms with Crippen LogP contribution in [0, 0.1) is 16.7 Å². The van der Waals surface area contributed by atoms with E-state index in [4.69, 9.17) is 4.74 Å². The van der Waals surface area contributed by atoms with E-state index in [1.165, 1.54) is 24.9 Å². The normalized spacial score (nSPS) is 34.2. The Morgan fingerprint density at radius 1 is 1.20 bits per heavy atom. The van der Waals surface area contributed by atoms with Crippen LogP contribution in [0.25, 0.3) is 0 Å². The van der Waals surface area contributed by atoms with E-state index in [0.717, 1.165) is 18.3 Å². The SMILES string of the molecule is CCOc1ccc(NC2C3(C)CCC(C3)C2(C)C)cc1. The zero-order chi connectivity index (χ0) is 14.4. The second-order valence-corrected chi connectivity index (χ2v) is 7.45. The van der Waals surface area contributed by atoms with Gasteiger partial charge in [-0.2, -0.15) is 0 Å². The second kappa shape index (κ2) is 4.68. The highest BCUT2D eigenvalue weighted by molar-refractivity contribution is 5.48. The Balaban J connectivity index is 1.77. The molecule has 2 nitrogen and oxygen atoms in total. The van der Waals surface area contributed by atoms with Gasteiger partial charge in [-0.25, -0.2) is 0 Å². The standard InChI is InChI=1S/C18H27NO/c1-5-20-15-8-6-14(7-9-15)19-16-17(2,3)13-10-11-18(16,4)12-13/h6-9,13,16,19H,5,10-12H2,1-4H3. The number of fused-ring (bicyclic) bond motifs is 2. The summed E-state index contributed by atoms with van der Waals surface area (Å²) < 4.78 is 5.51. The molecule has 1 aromatic carbocycles. The summed E-state index contributed by atoms with van der Waals surface area (Å²) >= 11 is 0. The third-order valence-corrected chi connectivity index (χ3v) is 5.75. The first-order valence-electron chi connectivity index (χ1n) is 7.95. The Morgan fingerprint density at radius 2 is 1.90 bits per heavy atom. The van der Waals surface area contributed by atoms with Gasteiger partial charge in [-0.15, -0.1) is 0 Å². The van der Waals surface area contributed by atoms with Crippen LogP contribution in [0.3, 0.4) is 0 Å². The van der Waals surface area contributed by atoms with Crippen LogP contribution >= 0.6 is 0 Å². The summed E-state index contributed by atoms with van der Waals surface area (Å²) in [6.45, 7) is 10.1. The van der Waals surface area contributed by atoms with Gasteiger partial charge < -0.3 is 10.1 Å². The molecular weight excluding hydrogens is 246 g/mol. The van der Waals surface area contributed by atoms with E-state index in [2.05, 4.69) is 50.4 Å². The van der Waals surface area contributed by atoms with Gasteiger partial charge in [0, 0.05) is 11.7 Å². The van der Waals surface area contributed by atoms with E-state index >= 15 is 0 Å². The van der Waals surface area contributed by atoms with Gasteiger partial charge in [-0.3, -0.25) is 0 Å². The molecule has 3 unspecified atom stereocenters. The molecular formula is C18H27NO. The lowest BCUT2D eigenvalue weighted by molar-refractivity contribution is 0.155. The minimum Gasteiger partial charge on any atom is -0.494 e. The van der Waals surface area contributed by atoms with Crippen LogP contribution in [0.4, 0.5) is 5.69 Å². The van der Waals surface area contributed by atoms with Crippen LogP contribution in [0.1, 0.15) is 47.0 Å². The summed E-state index contributed by atoms with van der Waals surface area (Å²) in [5, 5.41) is 3.82. The monoisotopic (exact) mass is 273 g/mol. The van der Waals surface area contributed by atoms with Crippen molar-refractivity contribution in [3.8, 4) is 5.75 Å². The summed E-state index contributed by atoms with van der Waals surface area (Å²) in [7, 11) is 0. The summed E-state index contributed by atoms with van der Waals surface area (Å²) in [6, 6.07) is 9.00. The number of benzene rings is 1. The Kier molecular flexibility index (Phi) is 3.23. The van der Waals surface area contributed by atoms with Crippen LogP contribution < -0.4 is 10.1 Å². The van der Waals surface area contributed by atoms with Gasteiger partial charge in [0.25, 0.3) is 0 Å². The van der Waals surface area contributed by atoms with Gasteiger partial charge >= 0.3 is 0 Å². The first kappa shape index (κ1) is 13.8. The van der Waals surface area contributed by atoms with Crippen LogP contribution in [-0.2, 0) is 0 Å². The van der Waals surface area contributed by atoms with Gasteiger partial charge in [0.2, 0.25) is 0 Å². The van der Waals surface area contributed by atoms with Crippen LogP contribution in [0.2, 0.25) is 0 Å². The van der Waals surface area contributed by atoms with E-state index in [-0.39, 0.29) is 0 Å². The molecule has 0 spiro atoms. The van der Waals surface area contributed by atoms with Crippen molar-refractivity contribution in [2.45, 2.75) is 53.0 Å². The van der Waals surface area contributed by atoms with Crippen LogP contribution in [0.15, 0.2) is 24.3 Å². The molecule has 110 valence electrons. The fourth-order valence-corrected chi connectivity index (χ4v) is 4.64. The average molecular weight is 273 g/mol. The molecule has 0 saturated heterocycles. The average Bonchev–Trinajstić information content (AvgIpc) is 2.88. The van der Waals surface area contributed by atoms with Crippen molar-refractivity contribution < 1.29 is 4.74 Å². The summed E-state index contributed by atoms with van der Waals surface area (Å²) in [4.78, 5) is 0. The van der Waals surface area contributed by atoms with Crippen LogP contribution in [-0.4, -0.2) is 12.6 Å². The van der Waals surface area contributed by atoms with Crippen molar-refractivity contribution in [2.24, 2.45) is 16.7 Å². The van der Waals surface area contributed by atoms with Crippen molar-refractivity contribution in [1.29, 1.82) is 0 Å². The summed E-state index contributed by atoms with van der Waals surface area (Å²) in [5.41, 5.74) is 2.08. The lowest BCUT2D eigenvalue weighted by atomic mass is 9.68. The quantitative estimate of drug-likeness (QED) is 0.857. The summed E-state index contributed by atoms with van der Waals surface area (Å²) in [6.07, 6.45) is 4.16. The number of rotatable bonds is 4. The number of hydrogen-bond acceptors (Lipinski definition) is 2. The van der Waals surface area contributed by atoms with Crippen molar-refractivity contribution in [2.75, 3.05) is 11.9 Å². The maximum atomic E-state index is 5.51. The highest BCUT2D eigenvalue weighted by Gasteiger charge is 2.59. The Morgan fingerprint density at radius 3 is 2.45 bits per heavy atom. The van der Waals surface area contributed by atoms with Gasteiger partial charge in [-0.05, 0) is 67.2 Å². The number of nitrogens with one attached hydrogen (secondary N) is 1. The van der Waals surface area contributed by atoms with E-state index < -0.39 is 0 Å². The molecule has 2 bridgehead atoms. The smallest absolute Gasteiger partial charge is 0.119 e. The van der Waals surface area contributed by atoms with Gasteiger partial charge in [0.1, 0.15) is 5.75 Å². The first-order chi connectivity index (χ1) is 9.45. The minimum atomic E-state index is 0.394. The molecule has 0 aromatic heterocycles. The zero-order valence-corrected chi connectivity index (χ0v) is 13.2. The van der Waals surface area contributed by atoms with E-state index in [9.17, 15) is 0 Å². The largest absolute Gasteiger partial charge is 0.494 e. The molecule has 1 aromatic rings. The maximum Gasteiger partial charge on any atom is 0.119 e. The Bertz CT molecular complexity index is 474. The molecule has 20 heavy (non-hydrogen) atoms. The van der Waals surface area contributed by atoms with Crippen LogP contribution in [0.5, 0.6) is 5.75 Å². The van der Waals surface area contributed by atoms with Crippen molar-refractivity contribution >= 4 is 5.69 Å². The summed E-state index contributed by atoms with van der Waals surface area (Å²) in [5.74, 6) is 1.84. The molecule has 2 aliphatic carbocycles. The third-order valence-electron chi connectivity index (χ3n) is 5.75. The molecule has 3 rings (SSSR count). The molecule has 3 atom stereocenters. The predicted molar refractivity (Wildman–Crippen MR) is 84.3 cm³/mol. The van der Waals surface area contributed by atoms with E-state index in [1.54, 1.807) is 0 Å². The molecule has 0 heterocycles.